The first-order chi connectivity index (χ1) is 16.0. The van der Waals surface area contributed by atoms with E-state index in [1.807, 2.05) is 62.0 Å². The van der Waals surface area contributed by atoms with Crippen molar-refractivity contribution in [2.75, 3.05) is 0 Å². The van der Waals surface area contributed by atoms with E-state index in [4.69, 9.17) is 0 Å². The lowest BCUT2D eigenvalue weighted by Gasteiger charge is -2.03. The van der Waals surface area contributed by atoms with E-state index in [0.717, 1.165) is 61.1 Å². The molecule has 0 fully saturated rings. The number of hydrogen-bond acceptors (Lipinski definition) is 2. The number of halogens is 1. The zero-order chi connectivity index (χ0) is 23.1. The fourth-order valence-corrected chi connectivity index (χ4v) is 4.15. The van der Waals surface area contributed by atoms with Crippen LogP contribution in [0.3, 0.4) is 0 Å². The molecule has 5 aromatic rings. The Morgan fingerprint density at radius 1 is 1.15 bits per heavy atom. The quantitative estimate of drug-likeness (QED) is 0.428. The summed E-state index contributed by atoms with van der Waals surface area (Å²) in [6, 6.07) is 14.7. The Bertz CT molecular complexity index is 1610. The predicted molar refractivity (Wildman–Crippen MR) is 132 cm³/mol. The van der Waals surface area contributed by atoms with Crippen molar-refractivity contribution in [2.45, 2.75) is 13.8 Å². The fourth-order valence-electron chi connectivity index (χ4n) is 4.15. The summed E-state index contributed by atoms with van der Waals surface area (Å²) in [4.78, 5) is 7.89. The van der Waals surface area contributed by atoms with Gasteiger partial charge >= 0.3 is 0 Å². The van der Waals surface area contributed by atoms with E-state index in [-0.39, 0.29) is 5.82 Å². The normalized spacial score (nSPS) is 12.7. The Labute approximate surface area is 190 Å². The molecule has 0 spiro atoms. The standard InChI is InChI=1S/C27H24FN5/c1-5-23-22(13-16(2)26-15-29-17(3)33(26)4)27(32-31-23)25-14-21-20(7-6-8-24(21)30-25)18-9-11-19(28)12-10-18/h5-15,30-31H,2H2,1,3-4H3/b22-13+,23-5+. The topological polar surface area (TPSA) is 62.3 Å². The van der Waals surface area contributed by atoms with E-state index in [1.54, 1.807) is 12.1 Å². The van der Waals surface area contributed by atoms with Crippen molar-refractivity contribution >= 4 is 28.6 Å². The lowest BCUT2D eigenvalue weighted by molar-refractivity contribution is 0.628. The minimum Gasteiger partial charge on any atom is -0.353 e. The number of nitrogens with zero attached hydrogens (tertiary/aromatic N) is 3. The second kappa shape index (κ2) is 8.06. The molecule has 164 valence electrons. The van der Waals surface area contributed by atoms with E-state index in [9.17, 15) is 4.39 Å². The molecule has 5 rings (SSSR count). The summed E-state index contributed by atoms with van der Waals surface area (Å²) >= 11 is 0. The van der Waals surface area contributed by atoms with E-state index < -0.39 is 0 Å². The van der Waals surface area contributed by atoms with Gasteiger partial charge in [0, 0.05) is 23.2 Å². The lowest BCUT2D eigenvalue weighted by atomic mass is 10.0. The van der Waals surface area contributed by atoms with Crippen molar-refractivity contribution in [3.05, 3.63) is 89.2 Å². The van der Waals surface area contributed by atoms with Gasteiger partial charge in [0.2, 0.25) is 0 Å². The van der Waals surface area contributed by atoms with Crippen LogP contribution >= 0.6 is 0 Å². The van der Waals surface area contributed by atoms with Gasteiger partial charge in [0.05, 0.1) is 22.9 Å². The van der Waals surface area contributed by atoms with Crippen molar-refractivity contribution in [1.82, 2.24) is 24.7 Å². The van der Waals surface area contributed by atoms with Gasteiger partial charge in [0.15, 0.2) is 0 Å². The molecule has 6 heteroatoms. The van der Waals surface area contributed by atoms with Crippen molar-refractivity contribution in [1.29, 1.82) is 0 Å². The summed E-state index contributed by atoms with van der Waals surface area (Å²) in [5, 5.41) is 10.7. The second-order valence-corrected chi connectivity index (χ2v) is 8.06. The van der Waals surface area contributed by atoms with Crippen LogP contribution in [0.25, 0.3) is 51.1 Å². The summed E-state index contributed by atoms with van der Waals surface area (Å²) in [6.07, 6.45) is 5.87. The highest BCUT2D eigenvalue weighted by Gasteiger charge is 2.13. The zero-order valence-electron chi connectivity index (χ0n) is 18.8. The van der Waals surface area contributed by atoms with Crippen LogP contribution in [0.5, 0.6) is 0 Å². The minimum absolute atomic E-state index is 0.246. The number of nitrogens with one attached hydrogen (secondary N) is 2. The molecule has 0 bridgehead atoms. The number of hydrogen-bond donors (Lipinski definition) is 2. The monoisotopic (exact) mass is 437 g/mol. The van der Waals surface area contributed by atoms with Gasteiger partial charge in [-0.3, -0.25) is 5.10 Å². The molecule has 0 aliphatic carbocycles. The molecular formula is C27H24FN5. The number of allylic oxidation sites excluding steroid dienone is 1. The van der Waals surface area contributed by atoms with Gasteiger partial charge in [-0.15, -0.1) is 0 Å². The molecule has 5 nitrogen and oxygen atoms in total. The van der Waals surface area contributed by atoms with Crippen LogP contribution in [0, 0.1) is 12.7 Å². The number of H-pyrrole nitrogens is 2. The number of imidazole rings is 1. The lowest BCUT2D eigenvalue weighted by Crippen LogP contribution is -2.23. The molecule has 33 heavy (non-hydrogen) atoms. The van der Waals surface area contributed by atoms with Crippen LogP contribution in [-0.4, -0.2) is 24.7 Å². The van der Waals surface area contributed by atoms with Crippen molar-refractivity contribution < 1.29 is 4.39 Å². The van der Waals surface area contributed by atoms with Crippen molar-refractivity contribution in [3.8, 4) is 22.5 Å². The van der Waals surface area contributed by atoms with Crippen molar-refractivity contribution in [3.63, 3.8) is 0 Å². The average Bonchev–Trinajstić information content (AvgIpc) is 3.51. The van der Waals surface area contributed by atoms with Gasteiger partial charge in [-0.25, -0.2) is 9.37 Å². The summed E-state index contributed by atoms with van der Waals surface area (Å²) in [5.41, 5.74) is 6.50. The first-order valence-corrected chi connectivity index (χ1v) is 10.7. The maximum atomic E-state index is 13.4. The number of benzene rings is 2. The van der Waals surface area contributed by atoms with E-state index in [0.29, 0.717) is 0 Å². The molecule has 0 aliphatic heterocycles. The Hall–Kier alpha value is -4.19. The molecule has 2 aromatic carbocycles. The molecule has 0 saturated heterocycles. The summed E-state index contributed by atoms with van der Waals surface area (Å²) in [5.74, 6) is 0.683. The smallest absolute Gasteiger partial charge is 0.123 e. The minimum atomic E-state index is -0.246. The highest BCUT2D eigenvalue weighted by atomic mass is 19.1. The van der Waals surface area contributed by atoms with Gasteiger partial charge < -0.3 is 9.55 Å². The molecular weight excluding hydrogens is 413 g/mol. The Morgan fingerprint density at radius 3 is 2.64 bits per heavy atom. The molecule has 0 unspecified atom stereocenters. The van der Waals surface area contributed by atoms with Crippen LogP contribution in [0.2, 0.25) is 0 Å². The Balaban J connectivity index is 1.67. The van der Waals surface area contributed by atoms with Crippen molar-refractivity contribution in [2.24, 2.45) is 7.05 Å². The van der Waals surface area contributed by atoms with Gasteiger partial charge in [0.25, 0.3) is 0 Å². The van der Waals surface area contributed by atoms with Crippen LogP contribution < -0.4 is 10.6 Å². The molecule has 0 aliphatic rings. The third-order valence-electron chi connectivity index (χ3n) is 6.06. The van der Waals surface area contributed by atoms with Gasteiger partial charge in [-0.1, -0.05) is 36.9 Å². The number of aromatic nitrogens is 5. The molecule has 0 amide bonds. The number of fused-ring (bicyclic) bond motifs is 1. The molecule has 0 radical (unpaired) electrons. The highest BCUT2D eigenvalue weighted by molar-refractivity contribution is 5.98. The second-order valence-electron chi connectivity index (χ2n) is 8.06. The third kappa shape index (κ3) is 3.59. The third-order valence-corrected chi connectivity index (χ3v) is 6.06. The van der Waals surface area contributed by atoms with Crippen LogP contribution in [-0.2, 0) is 7.05 Å². The van der Waals surface area contributed by atoms with Gasteiger partial charge in [-0.05, 0) is 60.9 Å². The zero-order valence-corrected chi connectivity index (χ0v) is 18.8. The summed E-state index contributed by atoms with van der Waals surface area (Å²) in [7, 11) is 1.98. The Morgan fingerprint density at radius 2 is 1.94 bits per heavy atom. The first-order valence-electron chi connectivity index (χ1n) is 10.7. The van der Waals surface area contributed by atoms with Gasteiger partial charge in [-0.2, -0.15) is 5.10 Å². The summed E-state index contributed by atoms with van der Waals surface area (Å²) in [6.45, 7) is 8.22. The van der Waals surface area contributed by atoms with E-state index >= 15 is 0 Å². The van der Waals surface area contributed by atoms with Crippen LogP contribution in [0.4, 0.5) is 4.39 Å². The van der Waals surface area contributed by atoms with Gasteiger partial charge in [0.1, 0.15) is 17.3 Å². The fraction of sp³-hybridized carbons (Fsp3) is 0.111. The molecule has 3 heterocycles. The van der Waals surface area contributed by atoms with Crippen LogP contribution in [0.1, 0.15) is 18.4 Å². The van der Waals surface area contributed by atoms with Crippen LogP contribution in [0.15, 0.2) is 61.3 Å². The molecule has 2 N–H and O–H groups in total. The SMILES string of the molecule is C=C(/C=c1/c(-c2cc3c(-c4ccc(F)cc4)cccc3[nH]2)n[nH]/c1=C/C)c1cnc(C)n1C. The van der Waals surface area contributed by atoms with E-state index in [1.165, 1.54) is 12.1 Å². The largest absolute Gasteiger partial charge is 0.353 e. The maximum absolute atomic E-state index is 13.4. The molecule has 0 atom stereocenters. The number of aromatic amines is 2. The Kier molecular flexibility index (Phi) is 5.05. The highest BCUT2D eigenvalue weighted by Crippen LogP contribution is 2.31. The molecule has 0 saturated carbocycles. The maximum Gasteiger partial charge on any atom is 0.123 e. The van der Waals surface area contributed by atoms with E-state index in [2.05, 4.69) is 32.8 Å². The molecule has 3 aromatic heterocycles. The predicted octanol–water partition coefficient (Wildman–Crippen LogP) is 4.70. The first kappa shape index (κ1) is 20.7. The number of rotatable bonds is 4. The average molecular weight is 438 g/mol. The summed E-state index contributed by atoms with van der Waals surface area (Å²) < 4.78 is 15.5. The number of aryl methyl sites for hydroxylation is 1.